The molecule has 1 heterocycles. The van der Waals surface area contributed by atoms with Crippen LogP contribution in [0.25, 0.3) is 0 Å². The summed E-state index contributed by atoms with van der Waals surface area (Å²) in [6, 6.07) is 0. The molecule has 5 N–H and O–H groups in total. The SMILES string of the molecule is CC(=O)Nc1cnc(N)nc1N(C)CCN. The number of nitrogens with one attached hydrogen (secondary N) is 1. The van der Waals surface area contributed by atoms with E-state index in [-0.39, 0.29) is 11.9 Å². The van der Waals surface area contributed by atoms with Crippen LogP contribution >= 0.6 is 0 Å². The molecule has 1 aromatic heterocycles. The van der Waals surface area contributed by atoms with Crippen LogP contribution in [0.3, 0.4) is 0 Å². The molecule has 0 spiro atoms. The maximum absolute atomic E-state index is 11.0. The van der Waals surface area contributed by atoms with Crippen molar-refractivity contribution in [3.05, 3.63) is 6.20 Å². The average molecular weight is 224 g/mol. The molecule has 0 bridgehead atoms. The van der Waals surface area contributed by atoms with Crippen LogP contribution in [0.5, 0.6) is 0 Å². The third-order valence-corrected chi connectivity index (χ3v) is 1.92. The Kier molecular flexibility index (Phi) is 4.01. The molecule has 0 aliphatic carbocycles. The topological polar surface area (TPSA) is 110 Å². The number of amides is 1. The summed E-state index contributed by atoms with van der Waals surface area (Å²) in [6.07, 6.45) is 1.48. The van der Waals surface area contributed by atoms with Gasteiger partial charge in [0.2, 0.25) is 11.9 Å². The van der Waals surface area contributed by atoms with Gasteiger partial charge < -0.3 is 21.7 Å². The Morgan fingerprint density at radius 3 is 2.88 bits per heavy atom. The van der Waals surface area contributed by atoms with Crippen LogP contribution in [-0.4, -0.2) is 36.0 Å². The highest BCUT2D eigenvalue weighted by molar-refractivity contribution is 5.91. The van der Waals surface area contributed by atoms with Crippen molar-refractivity contribution in [2.45, 2.75) is 6.92 Å². The minimum atomic E-state index is -0.184. The van der Waals surface area contributed by atoms with Gasteiger partial charge in [0.15, 0.2) is 5.82 Å². The van der Waals surface area contributed by atoms with E-state index >= 15 is 0 Å². The molecule has 1 rings (SSSR count). The van der Waals surface area contributed by atoms with E-state index in [2.05, 4.69) is 15.3 Å². The highest BCUT2D eigenvalue weighted by Crippen LogP contribution is 2.21. The van der Waals surface area contributed by atoms with Crippen LogP contribution in [0.4, 0.5) is 17.5 Å². The van der Waals surface area contributed by atoms with Crippen LogP contribution in [0, 0.1) is 0 Å². The summed E-state index contributed by atoms with van der Waals surface area (Å²) in [4.78, 5) is 20.7. The minimum absolute atomic E-state index is 0.160. The Hall–Kier alpha value is -1.89. The van der Waals surface area contributed by atoms with Gasteiger partial charge in [0.25, 0.3) is 0 Å². The smallest absolute Gasteiger partial charge is 0.222 e. The maximum atomic E-state index is 11.0. The molecular formula is C9H16N6O. The van der Waals surface area contributed by atoms with Crippen molar-refractivity contribution in [3.8, 4) is 0 Å². The van der Waals surface area contributed by atoms with Gasteiger partial charge >= 0.3 is 0 Å². The second-order valence-electron chi connectivity index (χ2n) is 3.36. The lowest BCUT2D eigenvalue weighted by Crippen LogP contribution is -2.27. The first-order chi connectivity index (χ1) is 7.54. The Morgan fingerprint density at radius 2 is 2.31 bits per heavy atom. The number of nitrogens with zero attached hydrogens (tertiary/aromatic N) is 3. The van der Waals surface area contributed by atoms with Gasteiger partial charge in [-0.1, -0.05) is 0 Å². The van der Waals surface area contributed by atoms with Crippen LogP contribution in [0.2, 0.25) is 0 Å². The first-order valence-corrected chi connectivity index (χ1v) is 4.86. The monoisotopic (exact) mass is 224 g/mol. The number of carbonyl (C=O) groups excluding carboxylic acids is 1. The highest BCUT2D eigenvalue weighted by Gasteiger charge is 2.11. The van der Waals surface area contributed by atoms with Crippen molar-refractivity contribution in [2.24, 2.45) is 5.73 Å². The quantitative estimate of drug-likeness (QED) is 0.630. The number of carbonyl (C=O) groups is 1. The predicted octanol–water partition coefficient (Wildman–Crippen LogP) is -0.588. The fourth-order valence-electron chi connectivity index (χ4n) is 1.25. The molecule has 0 saturated carbocycles. The molecule has 0 saturated heterocycles. The normalized spacial score (nSPS) is 9.94. The van der Waals surface area contributed by atoms with E-state index in [1.165, 1.54) is 13.1 Å². The molecule has 1 aromatic rings. The van der Waals surface area contributed by atoms with Gasteiger partial charge in [0.05, 0.1) is 6.20 Å². The molecule has 0 aliphatic rings. The van der Waals surface area contributed by atoms with Gasteiger partial charge in [-0.2, -0.15) is 4.98 Å². The fraction of sp³-hybridized carbons (Fsp3) is 0.444. The Bertz CT molecular complexity index is 380. The Balaban J connectivity index is 3.02. The minimum Gasteiger partial charge on any atom is -0.368 e. The average Bonchev–Trinajstić information content (AvgIpc) is 2.20. The second kappa shape index (κ2) is 5.26. The number of nitrogens with two attached hydrogens (primary N) is 2. The molecular weight excluding hydrogens is 208 g/mol. The molecule has 0 fully saturated rings. The van der Waals surface area contributed by atoms with Gasteiger partial charge in [0.1, 0.15) is 5.69 Å². The third kappa shape index (κ3) is 3.06. The zero-order chi connectivity index (χ0) is 12.1. The van der Waals surface area contributed by atoms with Crippen molar-refractivity contribution >= 4 is 23.4 Å². The number of aromatic nitrogens is 2. The van der Waals surface area contributed by atoms with E-state index in [0.29, 0.717) is 24.6 Å². The lowest BCUT2D eigenvalue weighted by atomic mass is 10.4. The van der Waals surface area contributed by atoms with E-state index in [4.69, 9.17) is 11.5 Å². The summed E-state index contributed by atoms with van der Waals surface area (Å²) in [5.74, 6) is 0.539. The number of rotatable bonds is 4. The first-order valence-electron chi connectivity index (χ1n) is 4.86. The van der Waals surface area contributed by atoms with Gasteiger partial charge in [-0.05, 0) is 0 Å². The first kappa shape index (κ1) is 12.2. The molecule has 0 aliphatic heterocycles. The van der Waals surface area contributed by atoms with Gasteiger partial charge in [-0.3, -0.25) is 4.79 Å². The summed E-state index contributed by atoms with van der Waals surface area (Å²) in [5.41, 5.74) is 11.5. The van der Waals surface area contributed by atoms with Crippen molar-refractivity contribution in [1.82, 2.24) is 9.97 Å². The van der Waals surface area contributed by atoms with E-state index in [0.717, 1.165) is 0 Å². The fourth-order valence-corrected chi connectivity index (χ4v) is 1.25. The summed E-state index contributed by atoms with van der Waals surface area (Å²) < 4.78 is 0. The Labute approximate surface area is 93.8 Å². The molecule has 16 heavy (non-hydrogen) atoms. The number of likely N-dealkylation sites (N-methyl/N-ethyl adjacent to an activating group) is 1. The number of nitrogen functional groups attached to an aromatic ring is 1. The largest absolute Gasteiger partial charge is 0.368 e. The Morgan fingerprint density at radius 1 is 1.62 bits per heavy atom. The van der Waals surface area contributed by atoms with E-state index in [1.54, 1.807) is 0 Å². The second-order valence-corrected chi connectivity index (χ2v) is 3.36. The standard InChI is InChI=1S/C9H16N6O/c1-6(16)13-7-5-12-9(11)14-8(7)15(2)4-3-10/h5H,3-4,10H2,1-2H3,(H,13,16)(H2,11,12,14). The van der Waals surface area contributed by atoms with Gasteiger partial charge in [-0.25, -0.2) is 4.98 Å². The zero-order valence-corrected chi connectivity index (χ0v) is 9.40. The van der Waals surface area contributed by atoms with Crippen molar-refractivity contribution < 1.29 is 4.79 Å². The van der Waals surface area contributed by atoms with Crippen LogP contribution < -0.4 is 21.7 Å². The number of hydrogen-bond donors (Lipinski definition) is 3. The number of anilines is 3. The third-order valence-electron chi connectivity index (χ3n) is 1.92. The van der Waals surface area contributed by atoms with Gasteiger partial charge in [-0.15, -0.1) is 0 Å². The molecule has 88 valence electrons. The molecule has 1 amide bonds. The van der Waals surface area contributed by atoms with Crippen molar-refractivity contribution in [2.75, 3.05) is 36.1 Å². The number of hydrogen-bond acceptors (Lipinski definition) is 6. The predicted molar refractivity (Wildman–Crippen MR) is 63.1 cm³/mol. The molecule has 0 unspecified atom stereocenters. The summed E-state index contributed by atoms with van der Waals surface area (Å²) >= 11 is 0. The molecule has 0 radical (unpaired) electrons. The van der Waals surface area contributed by atoms with Crippen LogP contribution in [0.1, 0.15) is 6.92 Å². The van der Waals surface area contributed by atoms with E-state index in [9.17, 15) is 4.79 Å². The van der Waals surface area contributed by atoms with Gasteiger partial charge in [0, 0.05) is 27.1 Å². The lowest BCUT2D eigenvalue weighted by Gasteiger charge is -2.20. The summed E-state index contributed by atoms with van der Waals surface area (Å²) in [7, 11) is 1.82. The molecule has 0 atom stereocenters. The van der Waals surface area contributed by atoms with Crippen LogP contribution in [-0.2, 0) is 4.79 Å². The van der Waals surface area contributed by atoms with Crippen molar-refractivity contribution in [3.63, 3.8) is 0 Å². The maximum Gasteiger partial charge on any atom is 0.222 e. The molecule has 7 nitrogen and oxygen atoms in total. The summed E-state index contributed by atoms with van der Waals surface area (Å²) in [5, 5.41) is 2.64. The van der Waals surface area contributed by atoms with Crippen LogP contribution in [0.15, 0.2) is 6.20 Å². The highest BCUT2D eigenvalue weighted by atomic mass is 16.1. The van der Waals surface area contributed by atoms with E-state index in [1.807, 2.05) is 11.9 Å². The van der Waals surface area contributed by atoms with E-state index < -0.39 is 0 Å². The summed E-state index contributed by atoms with van der Waals surface area (Å²) in [6.45, 7) is 2.52. The molecule has 7 heteroatoms. The van der Waals surface area contributed by atoms with Crippen molar-refractivity contribution in [1.29, 1.82) is 0 Å². The lowest BCUT2D eigenvalue weighted by molar-refractivity contribution is -0.114. The molecule has 0 aromatic carbocycles. The zero-order valence-electron chi connectivity index (χ0n) is 9.40.